The van der Waals surface area contributed by atoms with Crippen molar-refractivity contribution in [3.63, 3.8) is 0 Å². The number of nitrogens with one attached hydrogen (secondary N) is 2. The van der Waals surface area contributed by atoms with E-state index in [4.69, 9.17) is 9.47 Å². The molecule has 8 nitrogen and oxygen atoms in total. The van der Waals surface area contributed by atoms with Gasteiger partial charge in [0.1, 0.15) is 18.1 Å². The molecule has 1 aromatic carbocycles. The van der Waals surface area contributed by atoms with Gasteiger partial charge in [-0.1, -0.05) is 6.08 Å². The minimum absolute atomic E-state index is 0.0643. The number of cyclic esters (lactones) is 1. The molecule has 4 bridgehead atoms. The summed E-state index contributed by atoms with van der Waals surface area (Å²) in [7, 11) is 0. The predicted molar refractivity (Wildman–Crippen MR) is 95.1 cm³/mol. The summed E-state index contributed by atoms with van der Waals surface area (Å²) in [5, 5.41) is 10.9. The van der Waals surface area contributed by atoms with Crippen LogP contribution in [-0.2, 0) is 9.53 Å². The quantitative estimate of drug-likeness (QED) is 0.753. The number of fused-ring (bicyclic) bond motifs is 3. The van der Waals surface area contributed by atoms with Crippen molar-refractivity contribution in [2.45, 2.75) is 19.4 Å². The summed E-state index contributed by atoms with van der Waals surface area (Å²) in [6.07, 6.45) is 3.19. The Labute approximate surface area is 149 Å². The Balaban J connectivity index is 1.77. The molecule has 0 saturated heterocycles. The van der Waals surface area contributed by atoms with Crippen LogP contribution >= 0.6 is 0 Å². The number of hydrogen-bond donors (Lipinski definition) is 2. The van der Waals surface area contributed by atoms with E-state index in [0.29, 0.717) is 30.0 Å². The highest BCUT2D eigenvalue weighted by atomic mass is 16.5. The average molecular weight is 354 g/mol. The third kappa shape index (κ3) is 3.17. The molecule has 4 rings (SSSR count). The fraction of sp³-hybridized carbons (Fsp3) is 0.333. The highest BCUT2D eigenvalue weighted by Crippen LogP contribution is 2.29. The Morgan fingerprint density at radius 2 is 2.15 bits per heavy atom. The number of amides is 2. The SMILES string of the molecule is C[C@@H]1CCNC(=O)OCC2C=C(C=NC2=O)c2n[nH]c3ccc(cc23)O1. The number of H-pyrrole nitrogens is 1. The number of nitrogens with zero attached hydrogens (tertiary/aromatic N) is 2. The highest BCUT2D eigenvalue weighted by molar-refractivity contribution is 6.19. The predicted octanol–water partition coefficient (Wildman–Crippen LogP) is 2.07. The lowest BCUT2D eigenvalue weighted by Crippen LogP contribution is -2.31. The van der Waals surface area contributed by atoms with Crippen LogP contribution in [0.25, 0.3) is 16.5 Å². The zero-order valence-corrected chi connectivity index (χ0v) is 14.2. The summed E-state index contributed by atoms with van der Waals surface area (Å²) < 4.78 is 11.1. The van der Waals surface area contributed by atoms with Crippen LogP contribution < -0.4 is 10.1 Å². The number of aromatic amines is 1. The number of aliphatic imine (C=N–C) groups is 1. The Hall–Kier alpha value is -3.16. The Bertz CT molecular complexity index is 930. The molecule has 1 unspecified atom stereocenters. The van der Waals surface area contributed by atoms with Gasteiger partial charge in [-0.05, 0) is 25.1 Å². The molecule has 134 valence electrons. The molecule has 2 N–H and O–H groups in total. The molecule has 8 heteroatoms. The van der Waals surface area contributed by atoms with Gasteiger partial charge in [0.15, 0.2) is 0 Å². The third-order valence-corrected chi connectivity index (χ3v) is 4.39. The minimum atomic E-state index is -0.629. The van der Waals surface area contributed by atoms with E-state index in [9.17, 15) is 9.59 Å². The molecular weight excluding hydrogens is 336 g/mol. The van der Waals surface area contributed by atoms with Crippen LogP contribution in [0.5, 0.6) is 5.75 Å². The van der Waals surface area contributed by atoms with Crippen LogP contribution in [0, 0.1) is 5.92 Å². The number of dihydropyridines is 1. The van der Waals surface area contributed by atoms with Gasteiger partial charge >= 0.3 is 6.09 Å². The fourth-order valence-corrected chi connectivity index (χ4v) is 2.99. The number of rotatable bonds is 0. The van der Waals surface area contributed by atoms with E-state index in [0.717, 1.165) is 10.9 Å². The van der Waals surface area contributed by atoms with E-state index in [1.807, 2.05) is 25.1 Å². The van der Waals surface area contributed by atoms with Gasteiger partial charge in [0, 0.05) is 30.1 Å². The summed E-state index contributed by atoms with van der Waals surface area (Å²) in [4.78, 5) is 27.7. The van der Waals surface area contributed by atoms with Crippen molar-refractivity contribution >= 4 is 34.7 Å². The van der Waals surface area contributed by atoms with E-state index in [-0.39, 0.29) is 18.6 Å². The summed E-state index contributed by atoms with van der Waals surface area (Å²) in [5.41, 5.74) is 2.24. The first kappa shape index (κ1) is 16.3. The van der Waals surface area contributed by atoms with E-state index in [1.54, 1.807) is 6.08 Å². The summed E-state index contributed by atoms with van der Waals surface area (Å²) in [5.74, 6) is -0.259. The number of aromatic nitrogens is 2. The fourth-order valence-electron chi connectivity index (χ4n) is 2.99. The maximum atomic E-state index is 12.0. The largest absolute Gasteiger partial charge is 0.491 e. The number of ether oxygens (including phenoxy) is 2. The second-order valence-corrected chi connectivity index (χ2v) is 6.35. The van der Waals surface area contributed by atoms with E-state index in [2.05, 4.69) is 20.5 Å². The minimum Gasteiger partial charge on any atom is -0.491 e. The molecule has 1 aromatic heterocycles. The number of alkyl carbamates (subject to hydrolysis) is 1. The van der Waals surface area contributed by atoms with Crippen LogP contribution in [0.3, 0.4) is 0 Å². The molecule has 0 saturated carbocycles. The lowest BCUT2D eigenvalue weighted by molar-refractivity contribution is -0.121. The number of carbonyl (C=O) groups excluding carboxylic acids is 2. The maximum absolute atomic E-state index is 12.0. The van der Waals surface area contributed by atoms with Crippen molar-refractivity contribution in [3.05, 3.63) is 30.0 Å². The first-order valence-electron chi connectivity index (χ1n) is 8.45. The molecule has 2 aromatic rings. The van der Waals surface area contributed by atoms with Crippen molar-refractivity contribution < 1.29 is 19.1 Å². The van der Waals surface area contributed by atoms with Crippen molar-refractivity contribution in [2.75, 3.05) is 13.2 Å². The molecule has 0 radical (unpaired) electrons. The molecule has 2 amide bonds. The maximum Gasteiger partial charge on any atom is 0.407 e. The van der Waals surface area contributed by atoms with Gasteiger partial charge in [-0.15, -0.1) is 0 Å². The first-order valence-corrected chi connectivity index (χ1v) is 8.45. The van der Waals surface area contributed by atoms with Crippen LogP contribution in [0.15, 0.2) is 29.3 Å². The van der Waals surface area contributed by atoms with Gasteiger partial charge in [0.25, 0.3) is 5.91 Å². The molecule has 3 heterocycles. The molecule has 2 aliphatic rings. The topological polar surface area (TPSA) is 106 Å². The average Bonchev–Trinajstić information content (AvgIpc) is 3.03. The second-order valence-electron chi connectivity index (χ2n) is 6.35. The number of benzene rings is 1. The first-order chi connectivity index (χ1) is 12.6. The van der Waals surface area contributed by atoms with Gasteiger partial charge < -0.3 is 14.8 Å². The van der Waals surface area contributed by atoms with Crippen molar-refractivity contribution in [3.8, 4) is 5.75 Å². The summed E-state index contributed by atoms with van der Waals surface area (Å²) in [6.45, 7) is 2.29. The Kier molecular flexibility index (Phi) is 4.16. The Morgan fingerprint density at radius 3 is 3.04 bits per heavy atom. The number of carbonyl (C=O) groups is 2. The van der Waals surface area contributed by atoms with Crippen molar-refractivity contribution in [1.29, 1.82) is 0 Å². The third-order valence-electron chi connectivity index (χ3n) is 4.39. The summed E-state index contributed by atoms with van der Waals surface area (Å²) in [6, 6.07) is 5.69. The number of allylic oxidation sites excluding steroid dienone is 1. The highest BCUT2D eigenvalue weighted by Gasteiger charge is 2.24. The van der Waals surface area contributed by atoms with E-state index < -0.39 is 12.0 Å². The van der Waals surface area contributed by atoms with Crippen LogP contribution in [0.4, 0.5) is 4.79 Å². The van der Waals surface area contributed by atoms with Gasteiger partial charge in [-0.25, -0.2) is 9.79 Å². The molecule has 0 aliphatic carbocycles. The lowest BCUT2D eigenvalue weighted by atomic mass is 9.99. The monoisotopic (exact) mass is 354 g/mol. The summed E-state index contributed by atoms with van der Waals surface area (Å²) >= 11 is 0. The molecule has 0 fully saturated rings. The van der Waals surface area contributed by atoms with Crippen molar-refractivity contribution in [2.24, 2.45) is 10.9 Å². The second kappa shape index (κ2) is 6.62. The standard InChI is InChI=1S/C18H18N4O4/c1-10-4-5-19-18(24)25-9-12-6-11(8-20-17(12)23)16-14-7-13(26-10)2-3-15(14)21-22-16/h2-3,6-8,10,12H,4-5,9H2,1H3,(H,19,24)(H,21,22)/t10-,12?/m1/s1. The molecule has 0 spiro atoms. The molecule has 26 heavy (non-hydrogen) atoms. The van der Waals surface area contributed by atoms with Gasteiger partial charge in [-0.2, -0.15) is 5.10 Å². The van der Waals surface area contributed by atoms with Crippen LogP contribution in [0.2, 0.25) is 0 Å². The molecule has 2 atom stereocenters. The normalized spacial score (nSPS) is 23.5. The molecule has 2 aliphatic heterocycles. The van der Waals surface area contributed by atoms with Gasteiger partial charge in [0.2, 0.25) is 0 Å². The van der Waals surface area contributed by atoms with Crippen LogP contribution in [0.1, 0.15) is 19.0 Å². The van der Waals surface area contributed by atoms with E-state index >= 15 is 0 Å². The van der Waals surface area contributed by atoms with Crippen LogP contribution in [-0.4, -0.2) is 47.7 Å². The lowest BCUT2D eigenvalue weighted by Gasteiger charge is -2.15. The Morgan fingerprint density at radius 1 is 1.27 bits per heavy atom. The van der Waals surface area contributed by atoms with E-state index in [1.165, 1.54) is 6.21 Å². The molecular formula is C18H18N4O4. The zero-order valence-electron chi connectivity index (χ0n) is 14.2. The zero-order chi connectivity index (χ0) is 18.1. The smallest absolute Gasteiger partial charge is 0.407 e. The van der Waals surface area contributed by atoms with Crippen molar-refractivity contribution in [1.82, 2.24) is 15.5 Å². The number of hydrogen-bond acceptors (Lipinski definition) is 5. The van der Waals surface area contributed by atoms with Gasteiger partial charge in [-0.3, -0.25) is 9.89 Å². The van der Waals surface area contributed by atoms with Gasteiger partial charge in [0.05, 0.1) is 17.5 Å².